The van der Waals surface area contributed by atoms with Crippen LogP contribution in [0.5, 0.6) is 0 Å². The average molecular weight is 143 g/mol. The van der Waals surface area contributed by atoms with Crippen LogP contribution in [0.1, 0.15) is 19.8 Å². The molecule has 10 heavy (non-hydrogen) atoms. The van der Waals surface area contributed by atoms with Crippen molar-refractivity contribution in [3.63, 3.8) is 0 Å². The van der Waals surface area contributed by atoms with Gasteiger partial charge in [0, 0.05) is 13.2 Å². The highest BCUT2D eigenvalue weighted by molar-refractivity contribution is 4.64. The van der Waals surface area contributed by atoms with E-state index < -0.39 is 0 Å². The van der Waals surface area contributed by atoms with Crippen LogP contribution in [0.25, 0.3) is 0 Å². The van der Waals surface area contributed by atoms with Gasteiger partial charge in [-0.25, -0.2) is 0 Å². The van der Waals surface area contributed by atoms with Crippen LogP contribution in [0, 0.1) is 0 Å². The normalized spacial score (nSPS) is 20.1. The van der Waals surface area contributed by atoms with Gasteiger partial charge in [-0.1, -0.05) is 0 Å². The fraction of sp³-hybridized carbons (Fsp3) is 1.00. The first-order chi connectivity index (χ1) is 4.93. The Bertz CT molecular complexity index is 79.3. The molecule has 0 atom stereocenters. The van der Waals surface area contributed by atoms with Gasteiger partial charge < -0.3 is 9.64 Å². The smallest absolute Gasteiger partial charge is 0.0593 e. The van der Waals surface area contributed by atoms with E-state index in [1.807, 2.05) is 6.92 Å². The molecule has 1 heterocycles. The second-order valence-electron chi connectivity index (χ2n) is 2.75. The third-order valence-corrected chi connectivity index (χ3v) is 1.95. The highest BCUT2D eigenvalue weighted by Gasteiger charge is 2.09. The summed E-state index contributed by atoms with van der Waals surface area (Å²) < 4.78 is 5.25. The molecule has 1 saturated heterocycles. The van der Waals surface area contributed by atoms with Crippen LogP contribution in [0.4, 0.5) is 0 Å². The number of ether oxygens (including phenoxy) is 1. The Balaban J connectivity index is 1.91. The summed E-state index contributed by atoms with van der Waals surface area (Å²) in [6.45, 7) is 7.52. The lowest BCUT2D eigenvalue weighted by atomic mass is 10.4. The van der Waals surface area contributed by atoms with Gasteiger partial charge in [0.05, 0.1) is 6.61 Å². The van der Waals surface area contributed by atoms with E-state index in [1.54, 1.807) is 0 Å². The van der Waals surface area contributed by atoms with Gasteiger partial charge in [-0.15, -0.1) is 0 Å². The van der Waals surface area contributed by atoms with Crippen LogP contribution in [-0.2, 0) is 4.74 Å². The monoisotopic (exact) mass is 143 g/mol. The molecule has 0 aromatic rings. The van der Waals surface area contributed by atoms with Crippen molar-refractivity contribution in [3.8, 4) is 0 Å². The summed E-state index contributed by atoms with van der Waals surface area (Å²) in [7, 11) is 0. The van der Waals surface area contributed by atoms with Crippen LogP contribution in [0.15, 0.2) is 0 Å². The lowest BCUT2D eigenvalue weighted by Gasteiger charge is -2.13. The molecular formula is C8H17NO. The van der Waals surface area contributed by atoms with Crippen molar-refractivity contribution in [2.45, 2.75) is 19.8 Å². The third kappa shape index (κ3) is 2.67. The number of nitrogens with zero attached hydrogens (tertiary/aromatic N) is 1. The zero-order chi connectivity index (χ0) is 7.23. The van der Waals surface area contributed by atoms with E-state index >= 15 is 0 Å². The lowest BCUT2D eigenvalue weighted by Crippen LogP contribution is -2.23. The molecular weight excluding hydrogens is 126 g/mol. The average Bonchev–Trinajstić information content (AvgIpc) is 2.41. The Kier molecular flexibility index (Phi) is 3.76. The van der Waals surface area contributed by atoms with E-state index in [-0.39, 0.29) is 0 Å². The highest BCUT2D eigenvalue weighted by atomic mass is 16.5. The second-order valence-corrected chi connectivity index (χ2v) is 2.75. The molecule has 0 saturated carbocycles. The standard InChI is InChI=1S/C8H17NO/c1-2-10-8-7-9-5-3-4-6-9/h2-8H2,1H3. The highest BCUT2D eigenvalue weighted by Crippen LogP contribution is 2.05. The zero-order valence-corrected chi connectivity index (χ0v) is 6.81. The molecule has 1 fully saturated rings. The predicted octanol–water partition coefficient (Wildman–Crippen LogP) is 1.12. The van der Waals surface area contributed by atoms with Crippen LogP contribution in [-0.4, -0.2) is 37.7 Å². The van der Waals surface area contributed by atoms with Gasteiger partial charge in [0.25, 0.3) is 0 Å². The fourth-order valence-corrected chi connectivity index (χ4v) is 1.34. The Labute approximate surface area is 63.2 Å². The number of hydrogen-bond acceptors (Lipinski definition) is 2. The van der Waals surface area contributed by atoms with Crippen molar-refractivity contribution in [1.29, 1.82) is 0 Å². The topological polar surface area (TPSA) is 12.5 Å². The minimum Gasteiger partial charge on any atom is -0.380 e. The minimum atomic E-state index is 0.855. The van der Waals surface area contributed by atoms with E-state index in [9.17, 15) is 0 Å². The molecule has 0 bridgehead atoms. The summed E-state index contributed by atoms with van der Waals surface area (Å²) in [6.07, 6.45) is 2.76. The molecule has 1 aliphatic rings. The Hall–Kier alpha value is -0.0800. The molecule has 2 heteroatoms. The van der Waals surface area contributed by atoms with Crippen molar-refractivity contribution >= 4 is 0 Å². The van der Waals surface area contributed by atoms with Crippen LogP contribution in [0.3, 0.4) is 0 Å². The van der Waals surface area contributed by atoms with E-state index in [1.165, 1.54) is 25.9 Å². The summed E-state index contributed by atoms with van der Waals surface area (Å²) in [5.74, 6) is 0. The van der Waals surface area contributed by atoms with Gasteiger partial charge in [-0.3, -0.25) is 0 Å². The van der Waals surface area contributed by atoms with Gasteiger partial charge in [-0.2, -0.15) is 0 Å². The summed E-state index contributed by atoms with van der Waals surface area (Å²) >= 11 is 0. The largest absolute Gasteiger partial charge is 0.380 e. The second kappa shape index (κ2) is 4.69. The van der Waals surface area contributed by atoms with Crippen molar-refractivity contribution in [2.24, 2.45) is 0 Å². The Morgan fingerprint density at radius 2 is 2.00 bits per heavy atom. The maximum absolute atomic E-state index is 5.25. The maximum Gasteiger partial charge on any atom is 0.0593 e. The van der Waals surface area contributed by atoms with Crippen molar-refractivity contribution in [3.05, 3.63) is 0 Å². The minimum absolute atomic E-state index is 0.855. The fourth-order valence-electron chi connectivity index (χ4n) is 1.34. The van der Waals surface area contributed by atoms with E-state index in [0.717, 1.165) is 19.8 Å². The van der Waals surface area contributed by atoms with Crippen molar-refractivity contribution in [2.75, 3.05) is 32.8 Å². The molecule has 1 rings (SSSR count). The third-order valence-electron chi connectivity index (χ3n) is 1.95. The molecule has 1 aliphatic heterocycles. The molecule has 60 valence electrons. The number of likely N-dealkylation sites (tertiary alicyclic amines) is 1. The van der Waals surface area contributed by atoms with E-state index in [0.29, 0.717) is 0 Å². The molecule has 0 spiro atoms. The molecule has 2 nitrogen and oxygen atoms in total. The molecule has 0 aromatic carbocycles. The molecule has 0 N–H and O–H groups in total. The van der Waals surface area contributed by atoms with Gasteiger partial charge in [-0.05, 0) is 32.9 Å². The summed E-state index contributed by atoms with van der Waals surface area (Å²) in [4.78, 5) is 2.47. The quantitative estimate of drug-likeness (QED) is 0.547. The maximum atomic E-state index is 5.25. The van der Waals surface area contributed by atoms with Crippen LogP contribution < -0.4 is 0 Å². The zero-order valence-electron chi connectivity index (χ0n) is 6.81. The van der Waals surface area contributed by atoms with E-state index in [2.05, 4.69) is 4.90 Å². The molecule has 0 amide bonds. The SMILES string of the molecule is CCOCCN1CCCC1. The molecule has 0 unspecified atom stereocenters. The molecule has 0 aromatic heterocycles. The lowest BCUT2D eigenvalue weighted by molar-refractivity contribution is 0.122. The summed E-state index contributed by atoms with van der Waals surface area (Å²) in [5, 5.41) is 0. The molecule has 0 radical (unpaired) electrons. The first-order valence-electron chi connectivity index (χ1n) is 4.23. The first kappa shape index (κ1) is 8.02. The van der Waals surface area contributed by atoms with E-state index in [4.69, 9.17) is 4.74 Å². The first-order valence-corrected chi connectivity index (χ1v) is 4.23. The number of rotatable bonds is 4. The van der Waals surface area contributed by atoms with Crippen LogP contribution >= 0.6 is 0 Å². The van der Waals surface area contributed by atoms with Gasteiger partial charge in [0.1, 0.15) is 0 Å². The van der Waals surface area contributed by atoms with Crippen LogP contribution in [0.2, 0.25) is 0 Å². The summed E-state index contributed by atoms with van der Waals surface area (Å²) in [6, 6.07) is 0. The number of hydrogen-bond donors (Lipinski definition) is 0. The van der Waals surface area contributed by atoms with Gasteiger partial charge >= 0.3 is 0 Å². The van der Waals surface area contributed by atoms with Gasteiger partial charge in [0.2, 0.25) is 0 Å². The van der Waals surface area contributed by atoms with Crippen molar-refractivity contribution in [1.82, 2.24) is 4.90 Å². The van der Waals surface area contributed by atoms with Gasteiger partial charge in [0.15, 0.2) is 0 Å². The Morgan fingerprint density at radius 1 is 1.30 bits per heavy atom. The Morgan fingerprint density at radius 3 is 2.60 bits per heavy atom. The predicted molar refractivity (Wildman–Crippen MR) is 42.2 cm³/mol. The molecule has 0 aliphatic carbocycles. The summed E-state index contributed by atoms with van der Waals surface area (Å²) in [5.41, 5.74) is 0. The van der Waals surface area contributed by atoms with Crippen molar-refractivity contribution < 1.29 is 4.74 Å².